The number of aryl methyl sites for hydroxylation is 1. The molecule has 2 atom stereocenters. The quantitative estimate of drug-likeness (QED) is 0.637. The van der Waals surface area contributed by atoms with Gasteiger partial charge in [-0.25, -0.2) is 18.7 Å². The second kappa shape index (κ2) is 8.08. The maximum atomic E-state index is 14.6. The maximum absolute atomic E-state index is 14.6. The standard InChI is InChI=1S/C21H21F2N3O4/c1-10-5-14(28-2)20(23)18(19(10)22)21(27)15-7-13-16(30-15)8-25-17(26-13)6-11-9-29-4-3-12(11)24/h5,7-8,11-12H,3-4,6,9,24H2,1-2H3/t11-,12+/m1/s1. The first kappa shape index (κ1) is 20.4. The summed E-state index contributed by atoms with van der Waals surface area (Å²) in [5.74, 6) is -2.81. The van der Waals surface area contributed by atoms with Crippen molar-refractivity contribution in [2.24, 2.45) is 11.7 Å². The zero-order chi connectivity index (χ0) is 21.4. The Kier molecular flexibility index (Phi) is 5.48. The van der Waals surface area contributed by atoms with Crippen LogP contribution < -0.4 is 10.5 Å². The summed E-state index contributed by atoms with van der Waals surface area (Å²) in [4.78, 5) is 21.5. The summed E-state index contributed by atoms with van der Waals surface area (Å²) in [6, 6.07) is 2.55. The van der Waals surface area contributed by atoms with Gasteiger partial charge >= 0.3 is 0 Å². The Morgan fingerprint density at radius 1 is 1.33 bits per heavy atom. The molecule has 4 rings (SSSR count). The molecule has 9 heteroatoms. The summed E-state index contributed by atoms with van der Waals surface area (Å²) in [5, 5.41) is 0. The number of halogens is 2. The van der Waals surface area contributed by atoms with Gasteiger partial charge in [0, 0.05) is 31.1 Å². The van der Waals surface area contributed by atoms with Gasteiger partial charge in [-0.1, -0.05) is 0 Å². The molecule has 2 N–H and O–H groups in total. The molecule has 1 aliphatic heterocycles. The number of furan rings is 1. The van der Waals surface area contributed by atoms with Gasteiger partial charge in [-0.15, -0.1) is 0 Å². The normalized spacial score (nSPS) is 19.2. The lowest BCUT2D eigenvalue weighted by atomic mass is 9.93. The van der Waals surface area contributed by atoms with E-state index in [2.05, 4.69) is 9.97 Å². The van der Waals surface area contributed by atoms with Crippen molar-refractivity contribution in [3.63, 3.8) is 0 Å². The number of methoxy groups -OCH3 is 1. The van der Waals surface area contributed by atoms with E-state index in [9.17, 15) is 13.6 Å². The molecule has 0 unspecified atom stereocenters. The highest BCUT2D eigenvalue weighted by atomic mass is 19.1. The van der Waals surface area contributed by atoms with Crippen LogP contribution in [0.1, 0.15) is 33.9 Å². The number of aromatic nitrogens is 2. The monoisotopic (exact) mass is 417 g/mol. The van der Waals surface area contributed by atoms with Crippen molar-refractivity contribution < 1.29 is 27.5 Å². The van der Waals surface area contributed by atoms with E-state index in [0.29, 0.717) is 31.0 Å². The summed E-state index contributed by atoms with van der Waals surface area (Å²) in [7, 11) is 1.24. The molecule has 1 aromatic carbocycles. The molecule has 1 fully saturated rings. The van der Waals surface area contributed by atoms with Crippen LogP contribution in [-0.4, -0.2) is 42.1 Å². The largest absolute Gasteiger partial charge is 0.494 e. The van der Waals surface area contributed by atoms with Crippen molar-refractivity contribution in [3.8, 4) is 5.75 Å². The Morgan fingerprint density at radius 3 is 2.87 bits per heavy atom. The molecule has 0 radical (unpaired) electrons. The first-order valence-electron chi connectivity index (χ1n) is 9.55. The molecule has 2 aromatic heterocycles. The number of ether oxygens (including phenoxy) is 2. The SMILES string of the molecule is COc1cc(C)c(F)c(C(=O)c2cc3nc(C[C@@H]4COCC[C@@H]4N)ncc3o2)c1F. The molecular weight excluding hydrogens is 396 g/mol. The molecule has 3 heterocycles. The topological polar surface area (TPSA) is 100 Å². The lowest BCUT2D eigenvalue weighted by molar-refractivity contribution is 0.0415. The molecule has 158 valence electrons. The van der Waals surface area contributed by atoms with E-state index in [4.69, 9.17) is 19.6 Å². The molecule has 0 aliphatic carbocycles. The van der Waals surface area contributed by atoms with Crippen LogP contribution >= 0.6 is 0 Å². The van der Waals surface area contributed by atoms with Crippen molar-refractivity contribution in [2.45, 2.75) is 25.8 Å². The van der Waals surface area contributed by atoms with Crippen LogP contribution in [0.3, 0.4) is 0 Å². The first-order chi connectivity index (χ1) is 14.4. The number of nitrogens with zero attached hydrogens (tertiary/aromatic N) is 2. The maximum Gasteiger partial charge on any atom is 0.234 e. The highest BCUT2D eigenvalue weighted by molar-refractivity contribution is 6.09. The van der Waals surface area contributed by atoms with Crippen molar-refractivity contribution in [3.05, 3.63) is 52.7 Å². The molecule has 30 heavy (non-hydrogen) atoms. The minimum atomic E-state index is -1.08. The Morgan fingerprint density at radius 2 is 2.13 bits per heavy atom. The van der Waals surface area contributed by atoms with Crippen molar-refractivity contribution >= 4 is 16.9 Å². The summed E-state index contributed by atoms with van der Waals surface area (Å²) in [6.07, 6.45) is 2.73. The van der Waals surface area contributed by atoms with E-state index in [1.54, 1.807) is 0 Å². The van der Waals surface area contributed by atoms with Crippen LogP contribution in [0.5, 0.6) is 5.75 Å². The molecule has 0 bridgehead atoms. The second-order valence-corrected chi connectivity index (χ2v) is 7.37. The Labute approximate surface area is 171 Å². The van der Waals surface area contributed by atoms with Gasteiger partial charge in [0.05, 0.1) is 19.9 Å². The van der Waals surface area contributed by atoms with Crippen LogP contribution in [0.4, 0.5) is 8.78 Å². The summed E-state index contributed by atoms with van der Waals surface area (Å²) in [5.41, 5.74) is 6.10. The third kappa shape index (κ3) is 3.66. The molecule has 0 spiro atoms. The molecule has 0 saturated carbocycles. The lowest BCUT2D eigenvalue weighted by Gasteiger charge is -2.27. The van der Waals surface area contributed by atoms with Gasteiger partial charge in [-0.3, -0.25) is 4.79 Å². The number of hydrogen-bond acceptors (Lipinski definition) is 7. The molecule has 7 nitrogen and oxygen atoms in total. The minimum Gasteiger partial charge on any atom is -0.494 e. The van der Waals surface area contributed by atoms with Gasteiger partial charge in [0.2, 0.25) is 5.78 Å². The predicted octanol–water partition coefficient (Wildman–Crippen LogP) is 2.96. The van der Waals surface area contributed by atoms with Crippen molar-refractivity contribution in [1.82, 2.24) is 9.97 Å². The molecular formula is C21H21F2N3O4. The van der Waals surface area contributed by atoms with Crippen LogP contribution in [0.25, 0.3) is 11.1 Å². The fourth-order valence-corrected chi connectivity index (χ4v) is 3.56. The Hall–Kier alpha value is -2.91. The van der Waals surface area contributed by atoms with E-state index >= 15 is 0 Å². The summed E-state index contributed by atoms with van der Waals surface area (Å²) >= 11 is 0. The van der Waals surface area contributed by atoms with E-state index in [1.165, 1.54) is 32.4 Å². The van der Waals surface area contributed by atoms with Crippen molar-refractivity contribution in [2.75, 3.05) is 20.3 Å². The molecule has 1 saturated heterocycles. The van der Waals surface area contributed by atoms with Crippen LogP contribution in [-0.2, 0) is 11.2 Å². The van der Waals surface area contributed by atoms with Gasteiger partial charge in [0.15, 0.2) is 22.9 Å². The molecule has 0 amide bonds. The average molecular weight is 417 g/mol. The van der Waals surface area contributed by atoms with Crippen LogP contribution in [0.2, 0.25) is 0 Å². The number of benzene rings is 1. The average Bonchev–Trinajstić information content (AvgIpc) is 3.16. The Balaban J connectivity index is 1.66. The zero-order valence-corrected chi connectivity index (χ0v) is 16.6. The number of fused-ring (bicyclic) bond motifs is 1. The molecule has 1 aliphatic rings. The van der Waals surface area contributed by atoms with Gasteiger partial charge in [-0.2, -0.15) is 0 Å². The van der Waals surface area contributed by atoms with Gasteiger partial charge in [-0.05, 0) is 25.0 Å². The zero-order valence-electron chi connectivity index (χ0n) is 16.6. The van der Waals surface area contributed by atoms with E-state index in [-0.39, 0.29) is 34.6 Å². The van der Waals surface area contributed by atoms with E-state index in [1.807, 2.05) is 0 Å². The first-order valence-corrected chi connectivity index (χ1v) is 9.55. The molecule has 3 aromatic rings. The van der Waals surface area contributed by atoms with Gasteiger partial charge < -0.3 is 19.6 Å². The minimum absolute atomic E-state index is 0.00165. The third-order valence-electron chi connectivity index (χ3n) is 5.32. The van der Waals surface area contributed by atoms with Crippen LogP contribution in [0.15, 0.2) is 22.7 Å². The summed E-state index contributed by atoms with van der Waals surface area (Å²) in [6.45, 7) is 2.59. The fourth-order valence-electron chi connectivity index (χ4n) is 3.56. The van der Waals surface area contributed by atoms with Crippen LogP contribution in [0, 0.1) is 24.5 Å². The number of rotatable bonds is 5. The highest BCUT2D eigenvalue weighted by Crippen LogP contribution is 2.29. The predicted molar refractivity (Wildman–Crippen MR) is 103 cm³/mol. The van der Waals surface area contributed by atoms with E-state index in [0.717, 1.165) is 6.42 Å². The smallest absolute Gasteiger partial charge is 0.234 e. The fraction of sp³-hybridized carbons (Fsp3) is 0.381. The number of nitrogens with two attached hydrogens (primary N) is 1. The number of hydrogen-bond donors (Lipinski definition) is 1. The van der Waals surface area contributed by atoms with Crippen molar-refractivity contribution in [1.29, 1.82) is 0 Å². The summed E-state index contributed by atoms with van der Waals surface area (Å²) < 4.78 is 44.9. The van der Waals surface area contributed by atoms with Gasteiger partial charge in [0.25, 0.3) is 0 Å². The Bertz CT molecular complexity index is 1120. The van der Waals surface area contributed by atoms with E-state index < -0.39 is 23.0 Å². The number of ketones is 1. The second-order valence-electron chi connectivity index (χ2n) is 7.37. The van der Waals surface area contributed by atoms with Gasteiger partial charge in [0.1, 0.15) is 22.7 Å². The number of carbonyl (C=O) groups is 1. The number of carbonyl (C=O) groups excluding carboxylic acids is 1. The third-order valence-corrected chi connectivity index (χ3v) is 5.32. The lowest BCUT2D eigenvalue weighted by Crippen LogP contribution is -2.40. The highest BCUT2D eigenvalue weighted by Gasteiger charge is 2.28.